The molecule has 0 fully saturated rings. The highest BCUT2D eigenvalue weighted by Gasteiger charge is 2.16. The Balaban J connectivity index is 1.75. The Labute approximate surface area is 193 Å². The van der Waals surface area contributed by atoms with E-state index in [-0.39, 0.29) is 18.0 Å². The number of amides is 2. The van der Waals surface area contributed by atoms with Gasteiger partial charge in [-0.2, -0.15) is 5.26 Å². The lowest BCUT2D eigenvalue weighted by Gasteiger charge is -2.14. The fourth-order valence-electron chi connectivity index (χ4n) is 3.31. The number of halogens is 1. The summed E-state index contributed by atoms with van der Waals surface area (Å²) in [5.74, 6) is -0.813. The summed E-state index contributed by atoms with van der Waals surface area (Å²) in [6, 6.07) is 17.8. The van der Waals surface area contributed by atoms with Crippen LogP contribution in [-0.4, -0.2) is 16.4 Å². The molecule has 2 N–H and O–H groups in total. The van der Waals surface area contributed by atoms with Gasteiger partial charge < -0.3 is 15.2 Å². The standard InChI is InChI=1S/C24H21BrN4O3/c1-15-10-16(2)29(24(32)20(15)12-26)14-22(30)28-21-9-4-3-8-19(21)23(31)27-13-17-6-5-7-18(25)11-17/h3-11H,13-14H2,1-2H3,(H,27,31)(H,28,30). The van der Waals surface area contributed by atoms with Gasteiger partial charge in [-0.05, 0) is 55.3 Å². The molecule has 0 aliphatic rings. The minimum atomic E-state index is -0.514. The average Bonchev–Trinajstić information content (AvgIpc) is 2.75. The highest BCUT2D eigenvalue weighted by atomic mass is 79.9. The van der Waals surface area contributed by atoms with E-state index in [1.807, 2.05) is 30.3 Å². The average molecular weight is 493 g/mol. The van der Waals surface area contributed by atoms with Gasteiger partial charge in [0, 0.05) is 16.7 Å². The number of hydrogen-bond donors (Lipinski definition) is 2. The number of rotatable bonds is 6. The number of hydrogen-bond acceptors (Lipinski definition) is 4. The maximum absolute atomic E-state index is 12.7. The summed E-state index contributed by atoms with van der Waals surface area (Å²) in [5.41, 5.74) is 2.21. The van der Waals surface area contributed by atoms with Gasteiger partial charge in [0.25, 0.3) is 11.5 Å². The lowest BCUT2D eigenvalue weighted by atomic mass is 10.1. The molecule has 1 heterocycles. The summed E-state index contributed by atoms with van der Waals surface area (Å²) < 4.78 is 2.16. The van der Waals surface area contributed by atoms with Gasteiger partial charge in [0.05, 0.1) is 11.3 Å². The van der Waals surface area contributed by atoms with E-state index in [4.69, 9.17) is 0 Å². The number of nitrogens with zero attached hydrogens (tertiary/aromatic N) is 2. The third-order valence-electron chi connectivity index (χ3n) is 4.91. The molecule has 8 heteroatoms. The van der Waals surface area contributed by atoms with E-state index in [1.165, 1.54) is 4.57 Å². The van der Waals surface area contributed by atoms with Crippen molar-refractivity contribution in [3.63, 3.8) is 0 Å². The van der Waals surface area contributed by atoms with Crippen LogP contribution in [0.2, 0.25) is 0 Å². The number of carbonyl (C=O) groups is 2. The lowest BCUT2D eigenvalue weighted by Crippen LogP contribution is -2.32. The molecule has 32 heavy (non-hydrogen) atoms. The second-order valence-corrected chi connectivity index (χ2v) is 8.17. The number of nitriles is 1. The zero-order chi connectivity index (χ0) is 23.3. The number of aryl methyl sites for hydroxylation is 2. The number of carbonyl (C=O) groups excluding carboxylic acids is 2. The van der Waals surface area contributed by atoms with Crippen LogP contribution in [0, 0.1) is 25.2 Å². The maximum Gasteiger partial charge on any atom is 0.269 e. The van der Waals surface area contributed by atoms with Crippen molar-refractivity contribution in [2.45, 2.75) is 26.9 Å². The van der Waals surface area contributed by atoms with Gasteiger partial charge in [0.15, 0.2) is 0 Å². The van der Waals surface area contributed by atoms with Crippen LogP contribution < -0.4 is 16.2 Å². The van der Waals surface area contributed by atoms with Crippen LogP contribution in [0.25, 0.3) is 0 Å². The van der Waals surface area contributed by atoms with E-state index in [0.717, 1.165) is 10.0 Å². The fraction of sp³-hybridized carbons (Fsp3) is 0.167. The second kappa shape index (κ2) is 10.1. The molecular weight excluding hydrogens is 472 g/mol. The van der Waals surface area contributed by atoms with Crippen molar-refractivity contribution >= 4 is 33.4 Å². The molecule has 7 nitrogen and oxygen atoms in total. The van der Waals surface area contributed by atoms with Crippen LogP contribution in [0.5, 0.6) is 0 Å². The zero-order valence-electron chi connectivity index (χ0n) is 17.6. The monoisotopic (exact) mass is 492 g/mol. The van der Waals surface area contributed by atoms with E-state index in [1.54, 1.807) is 44.2 Å². The van der Waals surface area contributed by atoms with E-state index >= 15 is 0 Å². The van der Waals surface area contributed by atoms with Crippen molar-refractivity contribution in [1.82, 2.24) is 9.88 Å². The molecule has 0 radical (unpaired) electrons. The second-order valence-electron chi connectivity index (χ2n) is 7.25. The van der Waals surface area contributed by atoms with Crippen LogP contribution in [0.1, 0.15) is 32.7 Å². The Morgan fingerprint density at radius 1 is 1.09 bits per heavy atom. The van der Waals surface area contributed by atoms with E-state index in [2.05, 4.69) is 26.6 Å². The molecular formula is C24H21BrN4O3. The third-order valence-corrected chi connectivity index (χ3v) is 5.40. The van der Waals surface area contributed by atoms with E-state index in [9.17, 15) is 19.6 Å². The van der Waals surface area contributed by atoms with Gasteiger partial charge in [0.2, 0.25) is 5.91 Å². The number of aromatic nitrogens is 1. The summed E-state index contributed by atoms with van der Waals surface area (Å²) in [6.07, 6.45) is 0. The number of benzene rings is 2. The fourth-order valence-corrected chi connectivity index (χ4v) is 3.75. The smallest absolute Gasteiger partial charge is 0.269 e. The Bertz CT molecular complexity index is 1290. The number of para-hydroxylation sites is 1. The maximum atomic E-state index is 12.7. The Hall–Kier alpha value is -3.70. The van der Waals surface area contributed by atoms with Gasteiger partial charge >= 0.3 is 0 Å². The molecule has 0 saturated carbocycles. The molecule has 0 saturated heterocycles. The van der Waals surface area contributed by atoms with Crippen molar-refractivity contribution in [3.05, 3.63) is 97.4 Å². The van der Waals surface area contributed by atoms with Crippen LogP contribution in [-0.2, 0) is 17.9 Å². The Kier molecular flexibility index (Phi) is 7.23. The highest BCUT2D eigenvalue weighted by Crippen LogP contribution is 2.16. The molecule has 1 aromatic heterocycles. The van der Waals surface area contributed by atoms with Crippen molar-refractivity contribution in [2.24, 2.45) is 0 Å². The van der Waals surface area contributed by atoms with E-state index in [0.29, 0.717) is 29.1 Å². The van der Waals surface area contributed by atoms with Gasteiger partial charge in [0.1, 0.15) is 18.2 Å². The summed E-state index contributed by atoms with van der Waals surface area (Å²) in [5, 5.41) is 14.8. The van der Waals surface area contributed by atoms with Gasteiger partial charge in [-0.3, -0.25) is 14.4 Å². The van der Waals surface area contributed by atoms with Crippen molar-refractivity contribution in [1.29, 1.82) is 5.26 Å². The minimum absolute atomic E-state index is 0.00993. The van der Waals surface area contributed by atoms with Gasteiger partial charge in [-0.25, -0.2) is 0 Å². The highest BCUT2D eigenvalue weighted by molar-refractivity contribution is 9.10. The molecule has 0 unspecified atom stereocenters. The summed E-state index contributed by atoms with van der Waals surface area (Å²) >= 11 is 3.40. The predicted molar refractivity (Wildman–Crippen MR) is 125 cm³/mol. The predicted octanol–water partition coefficient (Wildman–Crippen LogP) is 3.67. The summed E-state index contributed by atoms with van der Waals surface area (Å²) in [6.45, 7) is 3.44. The first-order valence-corrected chi connectivity index (χ1v) is 10.6. The molecule has 162 valence electrons. The van der Waals surface area contributed by atoms with Gasteiger partial charge in [-0.1, -0.05) is 40.2 Å². The number of pyridine rings is 1. The topological polar surface area (TPSA) is 104 Å². The lowest BCUT2D eigenvalue weighted by molar-refractivity contribution is -0.116. The van der Waals surface area contributed by atoms with Crippen LogP contribution in [0.15, 0.2) is 63.9 Å². The minimum Gasteiger partial charge on any atom is -0.348 e. The van der Waals surface area contributed by atoms with Gasteiger partial charge in [-0.15, -0.1) is 0 Å². The van der Waals surface area contributed by atoms with E-state index < -0.39 is 11.5 Å². The normalized spacial score (nSPS) is 10.3. The number of anilines is 1. The summed E-state index contributed by atoms with van der Waals surface area (Å²) in [7, 11) is 0. The first-order chi connectivity index (χ1) is 15.3. The molecule has 0 aliphatic heterocycles. The van der Waals surface area contributed by atoms with Crippen LogP contribution in [0.4, 0.5) is 5.69 Å². The van der Waals surface area contributed by atoms with Crippen molar-refractivity contribution in [2.75, 3.05) is 5.32 Å². The molecule has 0 bridgehead atoms. The summed E-state index contributed by atoms with van der Waals surface area (Å²) in [4.78, 5) is 37.9. The molecule has 2 amide bonds. The molecule has 3 aromatic rings. The first-order valence-electron chi connectivity index (χ1n) is 9.83. The molecule has 2 aromatic carbocycles. The quantitative estimate of drug-likeness (QED) is 0.547. The zero-order valence-corrected chi connectivity index (χ0v) is 19.2. The van der Waals surface area contributed by atoms with Crippen molar-refractivity contribution < 1.29 is 9.59 Å². The number of nitrogens with one attached hydrogen (secondary N) is 2. The first kappa shape index (κ1) is 23.0. The molecule has 3 rings (SSSR count). The Morgan fingerprint density at radius 2 is 1.84 bits per heavy atom. The van der Waals surface area contributed by atoms with Crippen LogP contribution in [0.3, 0.4) is 0 Å². The molecule has 0 atom stereocenters. The molecule has 0 aliphatic carbocycles. The Morgan fingerprint density at radius 3 is 2.56 bits per heavy atom. The van der Waals surface area contributed by atoms with Crippen molar-refractivity contribution in [3.8, 4) is 6.07 Å². The largest absolute Gasteiger partial charge is 0.348 e. The molecule has 0 spiro atoms. The third kappa shape index (κ3) is 5.31. The van der Waals surface area contributed by atoms with Crippen LogP contribution >= 0.6 is 15.9 Å². The SMILES string of the molecule is Cc1cc(C)n(CC(=O)Nc2ccccc2C(=O)NCc2cccc(Br)c2)c(=O)c1C#N.